The predicted molar refractivity (Wildman–Crippen MR) is 101 cm³/mol. The summed E-state index contributed by atoms with van der Waals surface area (Å²) in [5.74, 6) is 0.0918. The van der Waals surface area contributed by atoms with E-state index in [9.17, 15) is 9.59 Å². The molecule has 27 heavy (non-hydrogen) atoms. The van der Waals surface area contributed by atoms with Crippen molar-refractivity contribution < 1.29 is 19.1 Å². The number of nitrogens with zero attached hydrogens (tertiary/aromatic N) is 1. The Morgan fingerprint density at radius 3 is 2.96 bits per heavy atom. The fourth-order valence-corrected chi connectivity index (χ4v) is 2.85. The molecule has 7 nitrogen and oxygen atoms in total. The summed E-state index contributed by atoms with van der Waals surface area (Å²) in [7, 11) is 0. The molecule has 2 heterocycles. The maximum Gasteiger partial charge on any atom is 0.253 e. The van der Waals surface area contributed by atoms with Gasteiger partial charge >= 0.3 is 0 Å². The molecule has 0 bridgehead atoms. The lowest BCUT2D eigenvalue weighted by atomic mass is 10.1. The number of hydrogen-bond donors (Lipinski definition) is 2. The summed E-state index contributed by atoms with van der Waals surface area (Å²) < 4.78 is 10.8. The van der Waals surface area contributed by atoms with Gasteiger partial charge in [0.15, 0.2) is 0 Å². The monoisotopic (exact) mass is 369 g/mol. The van der Waals surface area contributed by atoms with E-state index in [4.69, 9.17) is 9.47 Å². The highest BCUT2D eigenvalue weighted by Crippen LogP contribution is 2.17. The molecule has 1 saturated heterocycles. The normalized spacial score (nSPS) is 16.0. The molecule has 1 aliphatic heterocycles. The van der Waals surface area contributed by atoms with Crippen LogP contribution in [0.5, 0.6) is 5.88 Å². The van der Waals surface area contributed by atoms with Crippen molar-refractivity contribution in [2.45, 2.75) is 32.4 Å². The highest BCUT2D eigenvalue weighted by atomic mass is 16.5. The average Bonchev–Trinajstić information content (AvgIpc) is 3.22. The van der Waals surface area contributed by atoms with Gasteiger partial charge in [-0.25, -0.2) is 4.98 Å². The Balaban J connectivity index is 1.61. The minimum atomic E-state index is -0.412. The molecule has 1 atom stereocenters. The van der Waals surface area contributed by atoms with Gasteiger partial charge in [0, 0.05) is 36.2 Å². The first-order chi connectivity index (χ1) is 13.2. The Morgan fingerprint density at radius 1 is 1.30 bits per heavy atom. The fraction of sp³-hybridized carbons (Fsp3) is 0.350. The smallest absolute Gasteiger partial charge is 0.253 e. The van der Waals surface area contributed by atoms with Crippen molar-refractivity contribution in [3.8, 4) is 5.88 Å². The van der Waals surface area contributed by atoms with E-state index in [1.54, 1.807) is 36.5 Å². The molecular formula is C20H23N3O4. The van der Waals surface area contributed by atoms with Crippen LogP contribution in [0.2, 0.25) is 0 Å². The van der Waals surface area contributed by atoms with Gasteiger partial charge in [-0.05, 0) is 44.0 Å². The van der Waals surface area contributed by atoms with Crippen LogP contribution in [-0.2, 0) is 16.1 Å². The number of ether oxygens (including phenoxy) is 2. The van der Waals surface area contributed by atoms with E-state index in [1.807, 2.05) is 13.0 Å². The van der Waals surface area contributed by atoms with Gasteiger partial charge in [-0.1, -0.05) is 12.1 Å². The quantitative estimate of drug-likeness (QED) is 0.783. The first-order valence-corrected chi connectivity index (χ1v) is 9.05. The van der Waals surface area contributed by atoms with Crippen molar-refractivity contribution in [2.24, 2.45) is 0 Å². The Labute approximate surface area is 158 Å². The van der Waals surface area contributed by atoms with Crippen LogP contribution >= 0.6 is 0 Å². The molecule has 1 unspecified atom stereocenters. The summed E-state index contributed by atoms with van der Waals surface area (Å²) in [4.78, 5) is 28.8. The summed E-state index contributed by atoms with van der Waals surface area (Å²) in [6.07, 6.45) is 2.85. The van der Waals surface area contributed by atoms with Crippen LogP contribution in [0.4, 0.5) is 5.69 Å². The highest BCUT2D eigenvalue weighted by molar-refractivity contribution is 5.98. The SMILES string of the molecule is CCOc1ncccc1CNC(=O)c1cccc(NC(=O)C2CCCO2)c1. The lowest BCUT2D eigenvalue weighted by Crippen LogP contribution is -2.27. The van der Waals surface area contributed by atoms with E-state index in [0.29, 0.717) is 36.9 Å². The molecule has 0 spiro atoms. The zero-order valence-electron chi connectivity index (χ0n) is 15.2. The lowest BCUT2D eigenvalue weighted by Gasteiger charge is -2.12. The third-order valence-electron chi connectivity index (χ3n) is 4.18. The number of aromatic nitrogens is 1. The molecule has 0 saturated carbocycles. The Kier molecular flexibility index (Phi) is 6.38. The van der Waals surface area contributed by atoms with Crippen molar-refractivity contribution in [3.63, 3.8) is 0 Å². The van der Waals surface area contributed by atoms with E-state index >= 15 is 0 Å². The van der Waals surface area contributed by atoms with Crippen molar-refractivity contribution >= 4 is 17.5 Å². The molecule has 2 aromatic rings. The minimum Gasteiger partial charge on any atom is -0.478 e. The van der Waals surface area contributed by atoms with Crippen molar-refractivity contribution in [3.05, 3.63) is 53.7 Å². The number of carbonyl (C=O) groups excluding carboxylic acids is 2. The van der Waals surface area contributed by atoms with Gasteiger partial charge in [0.05, 0.1) is 6.61 Å². The lowest BCUT2D eigenvalue weighted by molar-refractivity contribution is -0.124. The van der Waals surface area contributed by atoms with E-state index in [0.717, 1.165) is 18.4 Å². The standard InChI is InChI=1S/C20H23N3O4/c1-2-26-20-15(7-4-10-21-20)13-22-18(24)14-6-3-8-16(12-14)23-19(25)17-9-5-11-27-17/h3-4,6-8,10,12,17H,2,5,9,11,13H2,1H3,(H,22,24)(H,23,25). The van der Waals surface area contributed by atoms with Gasteiger partial charge in [-0.2, -0.15) is 0 Å². The van der Waals surface area contributed by atoms with Gasteiger partial charge in [-0.15, -0.1) is 0 Å². The van der Waals surface area contributed by atoms with Gasteiger partial charge in [0.1, 0.15) is 6.10 Å². The maximum atomic E-state index is 12.5. The van der Waals surface area contributed by atoms with Crippen LogP contribution in [0.3, 0.4) is 0 Å². The average molecular weight is 369 g/mol. The molecule has 142 valence electrons. The molecule has 1 fully saturated rings. The van der Waals surface area contributed by atoms with Gasteiger partial charge in [0.2, 0.25) is 5.88 Å². The number of nitrogens with one attached hydrogen (secondary N) is 2. The summed E-state index contributed by atoms with van der Waals surface area (Å²) in [5.41, 5.74) is 1.83. The molecular weight excluding hydrogens is 346 g/mol. The largest absolute Gasteiger partial charge is 0.478 e. The van der Waals surface area contributed by atoms with Crippen molar-refractivity contribution in [1.29, 1.82) is 0 Å². The number of anilines is 1. The Hall–Kier alpha value is -2.93. The molecule has 0 aliphatic carbocycles. The highest BCUT2D eigenvalue weighted by Gasteiger charge is 2.23. The van der Waals surface area contributed by atoms with Gasteiger partial charge in [0.25, 0.3) is 11.8 Å². The number of carbonyl (C=O) groups is 2. The molecule has 1 aromatic carbocycles. The third kappa shape index (κ3) is 5.04. The fourth-order valence-electron chi connectivity index (χ4n) is 2.85. The second-order valence-corrected chi connectivity index (χ2v) is 6.16. The number of pyridine rings is 1. The molecule has 1 aromatic heterocycles. The van der Waals surface area contributed by atoms with Crippen LogP contribution in [0.1, 0.15) is 35.7 Å². The van der Waals surface area contributed by atoms with Crippen LogP contribution in [-0.4, -0.2) is 36.1 Å². The predicted octanol–water partition coefficient (Wildman–Crippen LogP) is 2.53. The summed E-state index contributed by atoms with van der Waals surface area (Å²) in [6.45, 7) is 3.30. The van der Waals surface area contributed by atoms with Crippen LogP contribution in [0.15, 0.2) is 42.6 Å². The molecule has 0 radical (unpaired) electrons. The number of hydrogen-bond acceptors (Lipinski definition) is 5. The van der Waals surface area contributed by atoms with Crippen LogP contribution in [0, 0.1) is 0 Å². The first-order valence-electron chi connectivity index (χ1n) is 9.05. The van der Waals surface area contributed by atoms with E-state index < -0.39 is 6.10 Å². The maximum absolute atomic E-state index is 12.5. The van der Waals surface area contributed by atoms with E-state index in [1.165, 1.54) is 0 Å². The topological polar surface area (TPSA) is 89.5 Å². The second kappa shape index (κ2) is 9.14. The van der Waals surface area contributed by atoms with Crippen LogP contribution in [0.25, 0.3) is 0 Å². The zero-order valence-corrected chi connectivity index (χ0v) is 15.2. The zero-order chi connectivity index (χ0) is 19.1. The number of amides is 2. The minimum absolute atomic E-state index is 0.179. The summed E-state index contributed by atoms with van der Waals surface area (Å²) >= 11 is 0. The molecule has 1 aliphatic rings. The number of benzene rings is 1. The molecule has 2 N–H and O–H groups in total. The van der Waals surface area contributed by atoms with Crippen LogP contribution < -0.4 is 15.4 Å². The molecule has 3 rings (SSSR count). The molecule has 2 amide bonds. The van der Waals surface area contributed by atoms with Gasteiger partial charge < -0.3 is 20.1 Å². The number of rotatable bonds is 7. The Bertz CT molecular complexity index is 803. The summed E-state index contributed by atoms with van der Waals surface area (Å²) in [5, 5.41) is 5.66. The Morgan fingerprint density at radius 2 is 2.19 bits per heavy atom. The van der Waals surface area contributed by atoms with Crippen molar-refractivity contribution in [2.75, 3.05) is 18.5 Å². The third-order valence-corrected chi connectivity index (χ3v) is 4.18. The van der Waals surface area contributed by atoms with Gasteiger partial charge in [-0.3, -0.25) is 9.59 Å². The first kappa shape index (κ1) is 18.8. The second-order valence-electron chi connectivity index (χ2n) is 6.16. The van der Waals surface area contributed by atoms with E-state index in [2.05, 4.69) is 15.6 Å². The summed E-state index contributed by atoms with van der Waals surface area (Å²) in [6, 6.07) is 10.5. The molecule has 7 heteroatoms. The van der Waals surface area contributed by atoms with Crippen molar-refractivity contribution in [1.82, 2.24) is 10.3 Å². The van der Waals surface area contributed by atoms with E-state index in [-0.39, 0.29) is 11.8 Å².